The summed E-state index contributed by atoms with van der Waals surface area (Å²) in [5.74, 6) is 0.428. The molecule has 13 heteroatoms. The van der Waals surface area contributed by atoms with Gasteiger partial charge >= 0.3 is 12.4 Å². The van der Waals surface area contributed by atoms with Gasteiger partial charge in [0.15, 0.2) is 11.0 Å². The quantitative estimate of drug-likeness (QED) is 0.192. The van der Waals surface area contributed by atoms with Gasteiger partial charge in [-0.2, -0.15) is 4.99 Å². The number of amidine groups is 1. The zero-order chi connectivity index (χ0) is 32.8. The lowest BCUT2D eigenvalue weighted by Gasteiger charge is -2.20. The zero-order valence-electron chi connectivity index (χ0n) is 25.5. The van der Waals surface area contributed by atoms with Crippen molar-refractivity contribution >= 4 is 34.6 Å². The first-order chi connectivity index (χ1) is 22.0. The van der Waals surface area contributed by atoms with E-state index in [1.807, 2.05) is 49.4 Å². The molecule has 0 spiro atoms. The fourth-order valence-corrected chi connectivity index (χ4v) is 5.87. The number of aliphatic imine (C=N–C) groups is 1. The molecule has 1 unspecified atom stereocenters. The van der Waals surface area contributed by atoms with Crippen molar-refractivity contribution in [1.82, 2.24) is 20.1 Å². The lowest BCUT2D eigenvalue weighted by atomic mass is 9.96. The summed E-state index contributed by atoms with van der Waals surface area (Å²) in [6, 6.07) is 18.6. The molecule has 1 fully saturated rings. The smallest absolute Gasteiger partial charge is 0.406 e. The fourth-order valence-electron chi connectivity index (χ4n) is 5.01. The second kappa shape index (κ2) is 14.2. The van der Waals surface area contributed by atoms with Crippen LogP contribution in [0.2, 0.25) is 0 Å². The highest BCUT2D eigenvalue weighted by Gasteiger charge is 2.32. The molecule has 3 amide bonds. The largest absolute Gasteiger partial charge is 0.573 e. The Morgan fingerprint density at radius 2 is 1.85 bits per heavy atom. The van der Waals surface area contributed by atoms with E-state index in [0.29, 0.717) is 29.6 Å². The molecule has 2 heterocycles. The number of hydrogen-bond acceptors (Lipinski definition) is 6. The zero-order valence-corrected chi connectivity index (χ0v) is 26.4. The van der Waals surface area contributed by atoms with E-state index in [4.69, 9.17) is 0 Å². The number of carbonyl (C=O) groups excluding carboxylic acids is 2. The van der Waals surface area contributed by atoms with Gasteiger partial charge in [-0.05, 0) is 72.7 Å². The standard InChI is InChI=1S/C33H33F3N6O3S/c1-4-5-24-7-6-21(2)18-28(24)42-29(43)19-46-32(42)39-31(44)37-17-16-22(3)23-8-10-25(11-9-23)30-38-20-41(40-30)26-12-14-27(15-13-26)45-33(34,35)36/h6-15,18,20,22H,4-5,16-17,19H2,1-3H3,(H,37,44). The van der Waals surface area contributed by atoms with Gasteiger partial charge in [0.1, 0.15) is 12.1 Å². The van der Waals surface area contributed by atoms with E-state index in [2.05, 4.69) is 39.0 Å². The monoisotopic (exact) mass is 650 g/mol. The number of thioether (sulfide) groups is 1. The summed E-state index contributed by atoms with van der Waals surface area (Å²) < 4.78 is 42.7. The molecule has 1 N–H and O–H groups in total. The number of hydrogen-bond donors (Lipinski definition) is 1. The number of urea groups is 1. The summed E-state index contributed by atoms with van der Waals surface area (Å²) in [4.78, 5) is 35.6. The highest BCUT2D eigenvalue weighted by atomic mass is 32.2. The van der Waals surface area contributed by atoms with Crippen molar-refractivity contribution in [2.45, 2.75) is 52.3 Å². The minimum Gasteiger partial charge on any atom is -0.406 e. The summed E-state index contributed by atoms with van der Waals surface area (Å²) in [5, 5.41) is 7.69. The summed E-state index contributed by atoms with van der Waals surface area (Å²) in [6.07, 6.45) is -0.837. The molecule has 1 aliphatic heterocycles. The van der Waals surface area contributed by atoms with Gasteiger partial charge in [-0.25, -0.2) is 14.5 Å². The van der Waals surface area contributed by atoms with E-state index in [-0.39, 0.29) is 23.3 Å². The number of ether oxygens (including phenoxy) is 1. The molecule has 1 atom stereocenters. The Morgan fingerprint density at radius 3 is 2.54 bits per heavy atom. The van der Waals surface area contributed by atoms with E-state index in [0.717, 1.165) is 40.8 Å². The Kier molecular flexibility index (Phi) is 10.1. The molecule has 46 heavy (non-hydrogen) atoms. The van der Waals surface area contributed by atoms with Crippen LogP contribution in [0.5, 0.6) is 5.75 Å². The van der Waals surface area contributed by atoms with Gasteiger partial charge in [0.05, 0.1) is 17.1 Å². The number of benzene rings is 3. The van der Waals surface area contributed by atoms with Crippen LogP contribution in [0.1, 0.15) is 49.3 Å². The van der Waals surface area contributed by atoms with Crippen molar-refractivity contribution in [2.24, 2.45) is 4.99 Å². The van der Waals surface area contributed by atoms with Crippen LogP contribution in [0.3, 0.4) is 0 Å². The molecular weight excluding hydrogens is 617 g/mol. The van der Waals surface area contributed by atoms with Crippen molar-refractivity contribution in [1.29, 1.82) is 0 Å². The SMILES string of the molecule is CCCc1ccc(C)cc1N1C(=O)CSC1=NC(=O)NCCC(C)c1ccc(-c2ncn(-c3ccc(OC(F)(F)F)cc3)n2)cc1. The van der Waals surface area contributed by atoms with Gasteiger partial charge in [-0.15, -0.1) is 18.3 Å². The Balaban J connectivity index is 1.16. The third-order valence-electron chi connectivity index (χ3n) is 7.38. The predicted octanol–water partition coefficient (Wildman–Crippen LogP) is 7.43. The van der Waals surface area contributed by atoms with Gasteiger partial charge in [0, 0.05) is 12.1 Å². The first-order valence-corrected chi connectivity index (χ1v) is 15.8. The predicted molar refractivity (Wildman–Crippen MR) is 172 cm³/mol. The number of rotatable bonds is 10. The third-order valence-corrected chi connectivity index (χ3v) is 8.31. The van der Waals surface area contributed by atoms with E-state index in [9.17, 15) is 22.8 Å². The molecule has 5 rings (SSSR count). The van der Waals surface area contributed by atoms with Crippen molar-refractivity contribution in [3.63, 3.8) is 0 Å². The molecule has 0 radical (unpaired) electrons. The lowest BCUT2D eigenvalue weighted by Crippen LogP contribution is -2.32. The molecule has 4 aromatic rings. The number of alkyl halides is 3. The Labute approximate surface area is 268 Å². The van der Waals surface area contributed by atoms with Crippen molar-refractivity contribution in [3.8, 4) is 22.8 Å². The summed E-state index contributed by atoms with van der Waals surface area (Å²) in [7, 11) is 0. The average molecular weight is 651 g/mol. The molecule has 240 valence electrons. The lowest BCUT2D eigenvalue weighted by molar-refractivity contribution is -0.274. The highest BCUT2D eigenvalue weighted by molar-refractivity contribution is 8.15. The van der Waals surface area contributed by atoms with Crippen LogP contribution in [0.15, 0.2) is 78.0 Å². The van der Waals surface area contributed by atoms with Crippen LogP contribution in [0, 0.1) is 6.92 Å². The van der Waals surface area contributed by atoms with Gasteiger partial charge < -0.3 is 10.1 Å². The van der Waals surface area contributed by atoms with Gasteiger partial charge in [0.2, 0.25) is 5.91 Å². The maximum atomic E-state index is 12.8. The van der Waals surface area contributed by atoms with E-state index >= 15 is 0 Å². The Morgan fingerprint density at radius 1 is 1.11 bits per heavy atom. The van der Waals surface area contributed by atoms with Gasteiger partial charge in [-0.3, -0.25) is 9.69 Å². The van der Waals surface area contributed by atoms with Gasteiger partial charge in [-0.1, -0.05) is 68.4 Å². The molecule has 0 bridgehead atoms. The summed E-state index contributed by atoms with van der Waals surface area (Å²) in [6.45, 7) is 6.53. The molecule has 1 aliphatic rings. The number of amides is 3. The molecule has 0 aliphatic carbocycles. The number of aryl methyl sites for hydroxylation is 2. The second-order valence-electron chi connectivity index (χ2n) is 10.9. The normalized spacial score (nSPS) is 15.0. The van der Waals surface area contributed by atoms with Crippen molar-refractivity contribution in [2.75, 3.05) is 17.2 Å². The number of halogens is 3. The summed E-state index contributed by atoms with van der Waals surface area (Å²) >= 11 is 1.26. The number of nitrogens with zero attached hydrogens (tertiary/aromatic N) is 5. The second-order valence-corrected chi connectivity index (χ2v) is 11.8. The van der Waals surface area contributed by atoms with Crippen LogP contribution in [-0.4, -0.2) is 50.5 Å². The number of carbonyl (C=O) groups is 2. The van der Waals surface area contributed by atoms with Crippen LogP contribution in [-0.2, 0) is 11.2 Å². The van der Waals surface area contributed by atoms with Crippen LogP contribution in [0.25, 0.3) is 17.1 Å². The number of anilines is 1. The average Bonchev–Trinajstić information content (AvgIpc) is 3.65. The minimum absolute atomic E-state index is 0.0906. The molecule has 9 nitrogen and oxygen atoms in total. The molecule has 3 aromatic carbocycles. The van der Waals surface area contributed by atoms with Crippen molar-refractivity contribution in [3.05, 3.63) is 89.7 Å². The van der Waals surface area contributed by atoms with Gasteiger partial charge in [0.25, 0.3) is 0 Å². The number of nitrogens with one attached hydrogen (secondary N) is 1. The molecule has 1 aromatic heterocycles. The number of aromatic nitrogens is 3. The van der Waals surface area contributed by atoms with Crippen LogP contribution >= 0.6 is 11.8 Å². The first kappa shape index (κ1) is 32.7. The minimum atomic E-state index is -4.76. The highest BCUT2D eigenvalue weighted by Crippen LogP contribution is 2.31. The van der Waals surface area contributed by atoms with Crippen molar-refractivity contribution < 1.29 is 27.5 Å². The van der Waals surface area contributed by atoms with E-state index < -0.39 is 12.4 Å². The van der Waals surface area contributed by atoms with Crippen LogP contribution < -0.4 is 15.0 Å². The fraction of sp³-hybridized carbons (Fsp3) is 0.303. The molecule has 0 saturated carbocycles. The Bertz CT molecular complexity index is 1720. The maximum absolute atomic E-state index is 12.8. The van der Waals surface area contributed by atoms with Crippen LogP contribution in [0.4, 0.5) is 23.7 Å². The summed E-state index contributed by atoms with van der Waals surface area (Å²) in [5.41, 5.74) is 5.25. The first-order valence-electron chi connectivity index (χ1n) is 14.8. The van der Waals surface area contributed by atoms with E-state index in [1.165, 1.54) is 47.0 Å². The third kappa shape index (κ3) is 8.13. The molecule has 1 saturated heterocycles. The maximum Gasteiger partial charge on any atom is 0.573 e. The topological polar surface area (TPSA) is 102 Å². The van der Waals surface area contributed by atoms with E-state index in [1.54, 1.807) is 4.90 Å². The Hall–Kier alpha value is -4.65. The molecular formula is C33H33F3N6O3S.